The van der Waals surface area contributed by atoms with Crippen molar-refractivity contribution in [1.29, 1.82) is 0 Å². The van der Waals surface area contributed by atoms with Crippen molar-refractivity contribution >= 4 is 5.91 Å². The van der Waals surface area contributed by atoms with E-state index in [0.717, 1.165) is 47.8 Å². The average molecular weight is 435 g/mol. The van der Waals surface area contributed by atoms with E-state index in [9.17, 15) is 4.79 Å². The van der Waals surface area contributed by atoms with E-state index in [4.69, 9.17) is 5.10 Å². The van der Waals surface area contributed by atoms with Crippen molar-refractivity contribution < 1.29 is 4.79 Å². The summed E-state index contributed by atoms with van der Waals surface area (Å²) in [4.78, 5) is 15.0. The molecule has 0 aliphatic heterocycles. The molecule has 1 N–H and O–H groups in total. The quantitative estimate of drug-likeness (QED) is 0.673. The molecule has 4 aliphatic carbocycles. The highest BCUT2D eigenvalue weighted by atomic mass is 16.2. The minimum Gasteiger partial charge on any atom is -0.351 e. The molecule has 4 fully saturated rings. The minimum absolute atomic E-state index is 0.117. The largest absolute Gasteiger partial charge is 0.351 e. The van der Waals surface area contributed by atoms with Crippen LogP contribution in [-0.4, -0.2) is 40.7 Å². The molecule has 1 heterocycles. The zero-order valence-electron chi connectivity index (χ0n) is 19.9. The van der Waals surface area contributed by atoms with E-state index in [2.05, 4.69) is 48.5 Å². The van der Waals surface area contributed by atoms with Crippen molar-refractivity contribution in [2.75, 3.05) is 20.1 Å². The Bertz CT molecular complexity index is 928. The molecule has 1 aromatic carbocycles. The molecule has 5 heteroatoms. The van der Waals surface area contributed by atoms with Crippen LogP contribution in [-0.2, 0) is 17.9 Å². The molecule has 0 atom stereocenters. The molecule has 1 amide bonds. The van der Waals surface area contributed by atoms with Gasteiger partial charge in [0.1, 0.15) is 0 Å². The summed E-state index contributed by atoms with van der Waals surface area (Å²) >= 11 is 0. The Hall–Kier alpha value is -2.14. The van der Waals surface area contributed by atoms with Gasteiger partial charge in [-0.25, -0.2) is 0 Å². The van der Waals surface area contributed by atoms with Crippen molar-refractivity contribution in [3.8, 4) is 0 Å². The zero-order valence-corrected chi connectivity index (χ0v) is 19.9. The lowest BCUT2D eigenvalue weighted by molar-refractivity contribution is -0.123. The van der Waals surface area contributed by atoms with Gasteiger partial charge in [0.05, 0.1) is 18.8 Å². The van der Waals surface area contributed by atoms with Gasteiger partial charge in [-0.1, -0.05) is 30.3 Å². The van der Waals surface area contributed by atoms with Gasteiger partial charge in [0.2, 0.25) is 5.91 Å². The zero-order chi connectivity index (χ0) is 22.3. The third-order valence-corrected chi connectivity index (χ3v) is 8.35. The fourth-order valence-corrected chi connectivity index (χ4v) is 7.50. The number of hydrogen-bond donors (Lipinski definition) is 1. The highest BCUT2D eigenvalue weighted by molar-refractivity contribution is 5.78. The Morgan fingerprint density at radius 3 is 2.34 bits per heavy atom. The number of aromatic nitrogens is 2. The maximum absolute atomic E-state index is 12.8. The first-order chi connectivity index (χ1) is 15.4. The number of rotatable bonds is 8. The van der Waals surface area contributed by atoms with E-state index < -0.39 is 0 Å². The second kappa shape index (κ2) is 8.66. The maximum atomic E-state index is 12.8. The molecule has 0 saturated heterocycles. The topological polar surface area (TPSA) is 50.2 Å². The molecule has 32 heavy (non-hydrogen) atoms. The summed E-state index contributed by atoms with van der Waals surface area (Å²) in [5.41, 5.74) is 4.99. The van der Waals surface area contributed by atoms with Gasteiger partial charge >= 0.3 is 0 Å². The van der Waals surface area contributed by atoms with E-state index >= 15 is 0 Å². The van der Waals surface area contributed by atoms with Crippen LogP contribution in [0.25, 0.3) is 0 Å². The number of likely N-dealkylation sites (N-methyl/N-ethyl adjacent to an activating group) is 1. The molecule has 0 radical (unpaired) electrons. The predicted octanol–water partition coefficient (Wildman–Crippen LogP) is 4.31. The Balaban J connectivity index is 1.14. The van der Waals surface area contributed by atoms with Crippen molar-refractivity contribution in [1.82, 2.24) is 20.0 Å². The maximum Gasteiger partial charge on any atom is 0.234 e. The second-order valence-corrected chi connectivity index (χ2v) is 11.2. The smallest absolute Gasteiger partial charge is 0.234 e. The molecule has 5 nitrogen and oxygen atoms in total. The molecule has 2 aromatic rings. The number of benzene rings is 1. The Morgan fingerprint density at radius 2 is 1.72 bits per heavy atom. The van der Waals surface area contributed by atoms with Gasteiger partial charge in [0.15, 0.2) is 0 Å². The van der Waals surface area contributed by atoms with E-state index in [-0.39, 0.29) is 5.91 Å². The normalized spacial score (nSPS) is 28.4. The third-order valence-electron chi connectivity index (χ3n) is 8.35. The molecule has 6 rings (SSSR count). The molecule has 4 saturated carbocycles. The number of hydrogen-bond acceptors (Lipinski definition) is 3. The third kappa shape index (κ3) is 4.50. The molecule has 4 bridgehead atoms. The summed E-state index contributed by atoms with van der Waals surface area (Å²) in [6, 6.07) is 10.4. The molecular weight excluding hydrogens is 396 g/mol. The van der Waals surface area contributed by atoms with Crippen LogP contribution in [0.2, 0.25) is 0 Å². The molecular formula is C27H38N4O. The SMILES string of the molecule is Cc1nn(Cc2ccccc2)c(C)c1CNC(=O)CN(C)CC12CC3CC(CC(C3)C1)C2. The fraction of sp³-hybridized carbons (Fsp3) is 0.630. The van der Waals surface area contributed by atoms with E-state index in [0.29, 0.717) is 18.5 Å². The number of aryl methyl sites for hydroxylation is 1. The average Bonchev–Trinajstić information content (AvgIpc) is 2.98. The predicted molar refractivity (Wildman–Crippen MR) is 127 cm³/mol. The number of nitrogens with zero attached hydrogens (tertiary/aromatic N) is 3. The van der Waals surface area contributed by atoms with E-state index in [1.807, 2.05) is 17.7 Å². The number of carbonyl (C=O) groups excluding carboxylic acids is 1. The summed E-state index contributed by atoms with van der Waals surface area (Å²) < 4.78 is 2.05. The van der Waals surface area contributed by atoms with Gasteiger partial charge in [0, 0.05) is 24.3 Å². The minimum atomic E-state index is 0.117. The van der Waals surface area contributed by atoms with Crippen LogP contribution in [0.4, 0.5) is 0 Å². The highest BCUT2D eigenvalue weighted by Crippen LogP contribution is 2.60. The van der Waals surface area contributed by atoms with Gasteiger partial charge in [-0.15, -0.1) is 0 Å². The van der Waals surface area contributed by atoms with Crippen LogP contribution in [0.3, 0.4) is 0 Å². The van der Waals surface area contributed by atoms with Crippen LogP contribution in [0, 0.1) is 37.0 Å². The second-order valence-electron chi connectivity index (χ2n) is 11.2. The highest BCUT2D eigenvalue weighted by Gasteiger charge is 2.51. The van der Waals surface area contributed by atoms with Crippen molar-refractivity contribution in [2.24, 2.45) is 23.2 Å². The first kappa shape index (κ1) is 21.7. The number of carbonyl (C=O) groups is 1. The molecule has 172 valence electrons. The lowest BCUT2D eigenvalue weighted by Gasteiger charge is -2.57. The Labute approximate surface area is 192 Å². The van der Waals surface area contributed by atoms with Crippen molar-refractivity contribution in [2.45, 2.75) is 65.5 Å². The van der Waals surface area contributed by atoms with Crippen LogP contribution >= 0.6 is 0 Å². The molecule has 0 spiro atoms. The van der Waals surface area contributed by atoms with Crippen LogP contribution in [0.15, 0.2) is 30.3 Å². The Morgan fingerprint density at radius 1 is 1.09 bits per heavy atom. The molecule has 0 unspecified atom stereocenters. The van der Waals surface area contributed by atoms with Crippen molar-refractivity contribution in [3.63, 3.8) is 0 Å². The van der Waals surface area contributed by atoms with Gasteiger partial charge in [-0.2, -0.15) is 5.10 Å². The summed E-state index contributed by atoms with van der Waals surface area (Å²) in [6.07, 6.45) is 8.60. The molecule has 4 aliphatic rings. The molecule has 1 aromatic heterocycles. The number of nitrogens with one attached hydrogen (secondary N) is 1. The van der Waals surface area contributed by atoms with E-state index in [1.54, 1.807) is 0 Å². The van der Waals surface area contributed by atoms with Crippen molar-refractivity contribution in [3.05, 3.63) is 52.8 Å². The monoisotopic (exact) mass is 434 g/mol. The van der Waals surface area contributed by atoms with Gasteiger partial charge in [-0.3, -0.25) is 14.4 Å². The fourth-order valence-electron chi connectivity index (χ4n) is 7.50. The standard InChI is InChI=1S/C27H38N4O/c1-19-25(20(2)31(29-19)16-21-7-5-4-6-8-21)15-28-26(32)17-30(3)18-27-12-22-9-23(13-27)11-24(10-22)14-27/h4-8,22-24H,9-18H2,1-3H3,(H,28,32). The van der Waals surface area contributed by atoms with Crippen LogP contribution in [0.1, 0.15) is 61.0 Å². The lowest BCUT2D eigenvalue weighted by atomic mass is 9.49. The Kier molecular flexibility index (Phi) is 5.87. The van der Waals surface area contributed by atoms with Gasteiger partial charge < -0.3 is 5.32 Å². The summed E-state index contributed by atoms with van der Waals surface area (Å²) in [5.74, 6) is 3.00. The summed E-state index contributed by atoms with van der Waals surface area (Å²) in [5, 5.41) is 7.88. The van der Waals surface area contributed by atoms with E-state index in [1.165, 1.54) is 44.1 Å². The lowest BCUT2D eigenvalue weighted by Crippen LogP contribution is -2.51. The number of amides is 1. The van der Waals surface area contributed by atoms with Crippen LogP contribution in [0.5, 0.6) is 0 Å². The first-order valence-electron chi connectivity index (χ1n) is 12.4. The summed E-state index contributed by atoms with van der Waals surface area (Å²) in [6.45, 7) is 7.01. The first-order valence-corrected chi connectivity index (χ1v) is 12.4. The van der Waals surface area contributed by atoms with Gasteiger partial charge in [-0.05, 0) is 88.2 Å². The van der Waals surface area contributed by atoms with Gasteiger partial charge in [0.25, 0.3) is 0 Å². The summed E-state index contributed by atoms with van der Waals surface area (Å²) in [7, 11) is 2.13. The van der Waals surface area contributed by atoms with Crippen LogP contribution < -0.4 is 5.32 Å².